The van der Waals surface area contributed by atoms with Gasteiger partial charge in [-0.15, -0.1) is 0 Å². The van der Waals surface area contributed by atoms with Crippen LogP contribution in [-0.4, -0.2) is 22.5 Å². The molecule has 0 fully saturated rings. The lowest BCUT2D eigenvalue weighted by Crippen LogP contribution is -2.19. The lowest BCUT2D eigenvalue weighted by molar-refractivity contribution is 0.133. The van der Waals surface area contributed by atoms with Crippen LogP contribution in [0.25, 0.3) is 0 Å². The standard InChI is InChI=1S/C13H13N3O/c1-3-10(14-4-2)13-9-12(16-17-13)11-7-5-6-8-15-11/h3-8,13H,1-2,9H2. The maximum absolute atomic E-state index is 5.32. The van der Waals surface area contributed by atoms with Gasteiger partial charge < -0.3 is 4.84 Å². The van der Waals surface area contributed by atoms with Gasteiger partial charge in [0.1, 0.15) is 5.71 Å². The Morgan fingerprint density at radius 3 is 3.00 bits per heavy atom. The van der Waals surface area contributed by atoms with Gasteiger partial charge in [-0.05, 0) is 18.2 Å². The summed E-state index contributed by atoms with van der Waals surface area (Å²) in [6, 6.07) is 5.69. The van der Waals surface area contributed by atoms with Crippen molar-refractivity contribution >= 4 is 11.4 Å². The predicted octanol–water partition coefficient (Wildman–Crippen LogP) is 2.35. The first-order valence-electron chi connectivity index (χ1n) is 5.30. The molecule has 0 aromatic carbocycles. The lowest BCUT2D eigenvalue weighted by atomic mass is 10.1. The van der Waals surface area contributed by atoms with Crippen LogP contribution in [-0.2, 0) is 4.84 Å². The molecule has 0 bridgehead atoms. The summed E-state index contributed by atoms with van der Waals surface area (Å²) in [5.74, 6) is 0. The third kappa shape index (κ3) is 2.47. The van der Waals surface area contributed by atoms with Gasteiger partial charge in [-0.1, -0.05) is 24.4 Å². The van der Waals surface area contributed by atoms with Gasteiger partial charge in [-0.2, -0.15) is 0 Å². The molecule has 1 aliphatic rings. The van der Waals surface area contributed by atoms with Crippen LogP contribution in [0.15, 0.2) is 60.0 Å². The van der Waals surface area contributed by atoms with Crippen molar-refractivity contribution in [2.45, 2.75) is 12.5 Å². The minimum absolute atomic E-state index is 0.192. The molecule has 0 amide bonds. The molecule has 0 saturated carbocycles. The summed E-state index contributed by atoms with van der Waals surface area (Å²) < 4.78 is 0. The first-order valence-corrected chi connectivity index (χ1v) is 5.30. The monoisotopic (exact) mass is 227 g/mol. The molecule has 1 aromatic heterocycles. The molecular formula is C13H13N3O. The van der Waals surface area contributed by atoms with Crippen LogP contribution in [0.3, 0.4) is 0 Å². The summed E-state index contributed by atoms with van der Waals surface area (Å²) in [7, 11) is 0. The van der Waals surface area contributed by atoms with Crippen molar-refractivity contribution in [2.24, 2.45) is 10.1 Å². The van der Waals surface area contributed by atoms with Crippen molar-refractivity contribution < 1.29 is 4.84 Å². The molecule has 1 atom stereocenters. The fourth-order valence-electron chi connectivity index (χ4n) is 1.59. The summed E-state index contributed by atoms with van der Waals surface area (Å²) in [6.07, 6.45) is 5.32. The first-order chi connectivity index (χ1) is 8.35. The second kappa shape index (κ2) is 5.21. The highest BCUT2D eigenvalue weighted by Gasteiger charge is 2.25. The Bertz CT molecular complexity index is 477. The molecule has 1 aromatic rings. The highest BCUT2D eigenvalue weighted by molar-refractivity contribution is 6.07. The maximum Gasteiger partial charge on any atom is 0.174 e. The number of aromatic nitrogens is 1. The third-order valence-electron chi connectivity index (χ3n) is 2.41. The number of oxime groups is 1. The first kappa shape index (κ1) is 11.3. The number of rotatable bonds is 4. The summed E-state index contributed by atoms with van der Waals surface area (Å²) in [4.78, 5) is 13.6. The van der Waals surface area contributed by atoms with E-state index in [0.717, 1.165) is 17.1 Å². The van der Waals surface area contributed by atoms with Gasteiger partial charge in [0.25, 0.3) is 0 Å². The molecule has 0 aliphatic carbocycles. The molecule has 4 nitrogen and oxygen atoms in total. The lowest BCUT2D eigenvalue weighted by Gasteiger charge is -2.06. The maximum atomic E-state index is 5.32. The third-order valence-corrected chi connectivity index (χ3v) is 2.41. The summed E-state index contributed by atoms with van der Waals surface area (Å²) in [6.45, 7) is 7.25. The number of pyridine rings is 1. The highest BCUT2D eigenvalue weighted by Crippen LogP contribution is 2.17. The van der Waals surface area contributed by atoms with Crippen molar-refractivity contribution in [2.75, 3.05) is 0 Å². The van der Waals surface area contributed by atoms with Crippen LogP contribution in [0.5, 0.6) is 0 Å². The fourth-order valence-corrected chi connectivity index (χ4v) is 1.59. The highest BCUT2D eigenvalue weighted by atomic mass is 16.6. The van der Waals surface area contributed by atoms with E-state index in [-0.39, 0.29) is 6.10 Å². The molecule has 1 aliphatic heterocycles. The predicted molar refractivity (Wildman–Crippen MR) is 68.1 cm³/mol. The number of nitrogens with zero attached hydrogens (tertiary/aromatic N) is 3. The van der Waals surface area contributed by atoms with Gasteiger partial charge in [0.05, 0.1) is 11.4 Å². The van der Waals surface area contributed by atoms with Gasteiger partial charge in [-0.25, -0.2) is 0 Å². The van der Waals surface area contributed by atoms with Gasteiger partial charge >= 0.3 is 0 Å². The molecular weight excluding hydrogens is 214 g/mol. The van der Waals surface area contributed by atoms with Crippen molar-refractivity contribution in [1.29, 1.82) is 0 Å². The van der Waals surface area contributed by atoms with Gasteiger partial charge in [0, 0.05) is 18.8 Å². The Hall–Kier alpha value is -2.23. The van der Waals surface area contributed by atoms with Crippen molar-refractivity contribution in [3.05, 3.63) is 55.5 Å². The molecule has 86 valence electrons. The molecule has 1 unspecified atom stereocenters. The van der Waals surface area contributed by atoms with Gasteiger partial charge in [0.15, 0.2) is 6.10 Å². The number of hydrogen-bond acceptors (Lipinski definition) is 4. The summed E-state index contributed by atoms with van der Waals surface area (Å²) >= 11 is 0. The Morgan fingerprint density at radius 2 is 2.35 bits per heavy atom. The Kier molecular flexibility index (Phi) is 3.45. The van der Waals surface area contributed by atoms with E-state index >= 15 is 0 Å². The zero-order valence-electron chi connectivity index (χ0n) is 9.41. The van der Waals surface area contributed by atoms with Crippen LogP contribution in [0.1, 0.15) is 12.1 Å². The van der Waals surface area contributed by atoms with Gasteiger partial charge in [-0.3, -0.25) is 9.98 Å². The second-order valence-corrected chi connectivity index (χ2v) is 3.49. The largest absolute Gasteiger partial charge is 0.385 e. The van der Waals surface area contributed by atoms with Crippen LogP contribution >= 0.6 is 0 Å². The number of hydrogen-bond donors (Lipinski definition) is 0. The minimum Gasteiger partial charge on any atom is -0.385 e. The summed E-state index contributed by atoms with van der Waals surface area (Å²) in [5.41, 5.74) is 2.39. The average Bonchev–Trinajstić information content (AvgIpc) is 2.86. The van der Waals surface area contributed by atoms with Gasteiger partial charge in [0.2, 0.25) is 0 Å². The molecule has 17 heavy (non-hydrogen) atoms. The molecule has 0 spiro atoms. The van der Waals surface area contributed by atoms with E-state index in [1.54, 1.807) is 12.3 Å². The molecule has 0 radical (unpaired) electrons. The van der Waals surface area contributed by atoms with Crippen molar-refractivity contribution in [3.8, 4) is 0 Å². The minimum atomic E-state index is -0.192. The average molecular weight is 227 g/mol. The Labute approximate surface area is 100 Å². The van der Waals surface area contributed by atoms with E-state index in [4.69, 9.17) is 4.84 Å². The van der Waals surface area contributed by atoms with E-state index in [0.29, 0.717) is 6.42 Å². The van der Waals surface area contributed by atoms with Crippen LogP contribution in [0, 0.1) is 0 Å². The number of aliphatic imine (C=N–C) groups is 1. The Balaban J connectivity index is 2.11. The van der Waals surface area contributed by atoms with Crippen molar-refractivity contribution in [3.63, 3.8) is 0 Å². The topological polar surface area (TPSA) is 46.8 Å². The fraction of sp³-hybridized carbons (Fsp3) is 0.154. The van der Waals surface area contributed by atoms with E-state index in [1.807, 2.05) is 18.2 Å². The van der Waals surface area contributed by atoms with E-state index in [2.05, 4.69) is 28.3 Å². The summed E-state index contributed by atoms with van der Waals surface area (Å²) in [5, 5.41) is 4.03. The molecule has 2 rings (SSSR count). The molecule has 0 N–H and O–H groups in total. The smallest absolute Gasteiger partial charge is 0.174 e. The molecule has 0 saturated heterocycles. The molecule has 4 heteroatoms. The van der Waals surface area contributed by atoms with E-state index in [1.165, 1.54) is 6.20 Å². The zero-order chi connectivity index (χ0) is 12.1. The second-order valence-electron chi connectivity index (χ2n) is 3.49. The SMILES string of the molecule is C=CN=C(C=C)C1CC(c2ccccn2)=NO1. The normalized spacial score (nSPS) is 19.4. The van der Waals surface area contributed by atoms with Crippen molar-refractivity contribution in [1.82, 2.24) is 4.98 Å². The zero-order valence-corrected chi connectivity index (χ0v) is 9.41. The quantitative estimate of drug-likeness (QED) is 0.741. The van der Waals surface area contributed by atoms with Crippen LogP contribution < -0.4 is 0 Å². The van der Waals surface area contributed by atoms with E-state index < -0.39 is 0 Å². The van der Waals surface area contributed by atoms with Crippen LogP contribution in [0.2, 0.25) is 0 Å². The van der Waals surface area contributed by atoms with E-state index in [9.17, 15) is 0 Å². The Morgan fingerprint density at radius 1 is 1.47 bits per heavy atom. The van der Waals surface area contributed by atoms with Crippen LogP contribution in [0.4, 0.5) is 0 Å². The molecule has 2 heterocycles.